The van der Waals surface area contributed by atoms with E-state index in [1.165, 1.54) is 38.5 Å². The molecule has 2 fully saturated rings. The van der Waals surface area contributed by atoms with Crippen LogP contribution in [-0.4, -0.2) is 25.2 Å². The molecule has 0 N–H and O–H groups in total. The van der Waals surface area contributed by atoms with Crippen LogP contribution in [-0.2, 0) is 9.47 Å². The van der Waals surface area contributed by atoms with Crippen LogP contribution >= 0.6 is 0 Å². The second-order valence-electron chi connectivity index (χ2n) is 7.57. The molecule has 0 spiro atoms. The van der Waals surface area contributed by atoms with Gasteiger partial charge < -0.3 is 9.47 Å². The SMILES string of the molecule is CCCCCC1CCC([C@H]2OCC[C@H](CCCC(F)(F)F)O2)CC1. The van der Waals surface area contributed by atoms with Crippen molar-refractivity contribution in [1.82, 2.24) is 0 Å². The van der Waals surface area contributed by atoms with E-state index in [1.54, 1.807) is 0 Å². The first-order valence-corrected chi connectivity index (χ1v) is 9.81. The summed E-state index contributed by atoms with van der Waals surface area (Å²) in [5, 5.41) is 0. The van der Waals surface area contributed by atoms with Crippen LogP contribution in [0.2, 0.25) is 0 Å². The quantitative estimate of drug-likeness (QED) is 0.483. The van der Waals surface area contributed by atoms with E-state index in [2.05, 4.69) is 6.92 Å². The summed E-state index contributed by atoms with van der Waals surface area (Å²) in [4.78, 5) is 0. The molecule has 0 aromatic rings. The number of hydrogen-bond acceptors (Lipinski definition) is 2. The Kier molecular flexibility index (Phi) is 8.35. The Bertz CT molecular complexity index is 338. The summed E-state index contributed by atoms with van der Waals surface area (Å²) in [7, 11) is 0. The van der Waals surface area contributed by atoms with Crippen molar-refractivity contribution in [3.8, 4) is 0 Å². The molecule has 2 atom stereocenters. The van der Waals surface area contributed by atoms with Crippen molar-refractivity contribution in [2.24, 2.45) is 11.8 Å². The molecule has 5 heteroatoms. The average Bonchev–Trinajstić information content (AvgIpc) is 2.55. The highest BCUT2D eigenvalue weighted by Gasteiger charge is 2.33. The minimum atomic E-state index is -4.05. The predicted octanol–water partition coefficient (Wildman–Crippen LogP) is 6.24. The molecule has 0 aromatic carbocycles. The maximum absolute atomic E-state index is 12.3. The highest BCUT2D eigenvalue weighted by Crippen LogP contribution is 2.37. The van der Waals surface area contributed by atoms with Crippen molar-refractivity contribution < 1.29 is 22.6 Å². The standard InChI is InChI=1S/C19H33F3O2/c1-2-3-4-6-15-8-10-16(11-9-15)18-23-14-12-17(24-18)7-5-13-19(20,21)22/h15-18H,2-14H2,1H3/t15?,16?,17-,18-/m0/s1. The van der Waals surface area contributed by atoms with Gasteiger partial charge in [-0.15, -0.1) is 0 Å². The Balaban J connectivity index is 1.65. The Morgan fingerprint density at radius 2 is 1.67 bits per heavy atom. The molecule has 24 heavy (non-hydrogen) atoms. The molecule has 0 unspecified atom stereocenters. The molecule has 0 bridgehead atoms. The molecule has 1 saturated heterocycles. The van der Waals surface area contributed by atoms with Gasteiger partial charge in [-0.2, -0.15) is 13.2 Å². The fraction of sp³-hybridized carbons (Fsp3) is 1.00. The number of rotatable bonds is 8. The normalized spacial score (nSPS) is 32.0. The van der Waals surface area contributed by atoms with Gasteiger partial charge in [-0.05, 0) is 50.9 Å². The lowest BCUT2D eigenvalue weighted by atomic mass is 9.79. The van der Waals surface area contributed by atoms with Crippen molar-refractivity contribution in [1.29, 1.82) is 0 Å². The highest BCUT2D eigenvalue weighted by atomic mass is 19.4. The Morgan fingerprint density at radius 3 is 2.33 bits per heavy atom. The summed E-state index contributed by atoms with van der Waals surface area (Å²) in [5.41, 5.74) is 0. The predicted molar refractivity (Wildman–Crippen MR) is 88.7 cm³/mol. The molecular weight excluding hydrogens is 317 g/mol. The topological polar surface area (TPSA) is 18.5 Å². The fourth-order valence-electron chi connectivity index (χ4n) is 4.03. The Labute approximate surface area is 144 Å². The van der Waals surface area contributed by atoms with Crippen LogP contribution in [0.15, 0.2) is 0 Å². The molecule has 142 valence electrons. The summed E-state index contributed by atoms with van der Waals surface area (Å²) < 4.78 is 48.5. The Morgan fingerprint density at radius 1 is 0.917 bits per heavy atom. The minimum absolute atomic E-state index is 0.0617. The third-order valence-electron chi connectivity index (χ3n) is 5.53. The van der Waals surface area contributed by atoms with Crippen LogP contribution in [0.5, 0.6) is 0 Å². The lowest BCUT2D eigenvalue weighted by Crippen LogP contribution is -2.39. The molecule has 0 amide bonds. The van der Waals surface area contributed by atoms with Gasteiger partial charge in [0.1, 0.15) is 0 Å². The smallest absolute Gasteiger partial charge is 0.352 e. The summed E-state index contributed by atoms with van der Waals surface area (Å²) in [5.74, 6) is 1.27. The van der Waals surface area contributed by atoms with E-state index in [-0.39, 0.29) is 18.8 Å². The van der Waals surface area contributed by atoms with Crippen LogP contribution in [0.1, 0.15) is 84.0 Å². The lowest BCUT2D eigenvalue weighted by Gasteiger charge is -2.38. The van der Waals surface area contributed by atoms with Crippen LogP contribution in [0.25, 0.3) is 0 Å². The zero-order chi connectivity index (χ0) is 17.4. The molecule has 1 heterocycles. The van der Waals surface area contributed by atoms with E-state index in [9.17, 15) is 13.2 Å². The van der Waals surface area contributed by atoms with E-state index in [0.717, 1.165) is 25.2 Å². The van der Waals surface area contributed by atoms with Crippen molar-refractivity contribution in [2.45, 2.75) is 103 Å². The number of halogens is 3. The lowest BCUT2D eigenvalue weighted by molar-refractivity contribution is -0.242. The van der Waals surface area contributed by atoms with Crippen LogP contribution in [0.4, 0.5) is 13.2 Å². The highest BCUT2D eigenvalue weighted by molar-refractivity contribution is 4.77. The summed E-state index contributed by atoms with van der Waals surface area (Å²) in [6.07, 6.45) is 6.40. The molecular formula is C19H33F3O2. The molecule has 0 radical (unpaired) electrons. The van der Waals surface area contributed by atoms with Gasteiger partial charge in [-0.1, -0.05) is 32.6 Å². The van der Waals surface area contributed by atoms with E-state index in [1.807, 2.05) is 0 Å². The minimum Gasteiger partial charge on any atom is -0.352 e. The summed E-state index contributed by atoms with van der Waals surface area (Å²) in [6, 6.07) is 0. The first-order valence-electron chi connectivity index (χ1n) is 9.81. The van der Waals surface area contributed by atoms with Crippen molar-refractivity contribution in [3.05, 3.63) is 0 Å². The van der Waals surface area contributed by atoms with Crippen molar-refractivity contribution in [2.75, 3.05) is 6.61 Å². The molecule has 1 aliphatic heterocycles. The monoisotopic (exact) mass is 350 g/mol. The maximum atomic E-state index is 12.3. The van der Waals surface area contributed by atoms with Gasteiger partial charge in [0.05, 0.1) is 12.7 Å². The van der Waals surface area contributed by atoms with E-state index >= 15 is 0 Å². The fourth-order valence-corrected chi connectivity index (χ4v) is 4.03. The molecule has 1 saturated carbocycles. The number of unbranched alkanes of at least 4 members (excludes halogenated alkanes) is 2. The summed E-state index contributed by atoms with van der Waals surface area (Å²) in [6.45, 7) is 2.86. The van der Waals surface area contributed by atoms with Gasteiger partial charge >= 0.3 is 6.18 Å². The zero-order valence-corrected chi connectivity index (χ0v) is 15.0. The van der Waals surface area contributed by atoms with Gasteiger partial charge in [-0.25, -0.2) is 0 Å². The molecule has 0 aromatic heterocycles. The first kappa shape index (κ1) is 20.0. The van der Waals surface area contributed by atoms with Crippen molar-refractivity contribution in [3.63, 3.8) is 0 Å². The van der Waals surface area contributed by atoms with Gasteiger partial charge in [0, 0.05) is 12.3 Å². The Hall–Kier alpha value is -0.290. The van der Waals surface area contributed by atoms with Gasteiger partial charge in [0.25, 0.3) is 0 Å². The second kappa shape index (κ2) is 10.0. The average molecular weight is 350 g/mol. The number of alkyl halides is 3. The van der Waals surface area contributed by atoms with Crippen LogP contribution in [0, 0.1) is 11.8 Å². The van der Waals surface area contributed by atoms with E-state index < -0.39 is 12.6 Å². The van der Waals surface area contributed by atoms with Gasteiger partial charge in [0.15, 0.2) is 6.29 Å². The van der Waals surface area contributed by atoms with E-state index in [0.29, 0.717) is 18.9 Å². The van der Waals surface area contributed by atoms with E-state index in [4.69, 9.17) is 9.47 Å². The number of ether oxygens (including phenoxy) is 2. The van der Waals surface area contributed by atoms with Gasteiger partial charge in [-0.3, -0.25) is 0 Å². The number of hydrogen-bond donors (Lipinski definition) is 0. The maximum Gasteiger partial charge on any atom is 0.389 e. The van der Waals surface area contributed by atoms with Gasteiger partial charge in [0.2, 0.25) is 0 Å². The third kappa shape index (κ3) is 7.30. The largest absolute Gasteiger partial charge is 0.389 e. The first-order chi connectivity index (χ1) is 11.5. The second-order valence-corrected chi connectivity index (χ2v) is 7.57. The summed E-state index contributed by atoms with van der Waals surface area (Å²) >= 11 is 0. The molecule has 1 aliphatic carbocycles. The molecule has 2 rings (SSSR count). The zero-order valence-electron chi connectivity index (χ0n) is 15.0. The third-order valence-corrected chi connectivity index (χ3v) is 5.53. The van der Waals surface area contributed by atoms with Crippen LogP contribution < -0.4 is 0 Å². The molecule has 2 nitrogen and oxygen atoms in total. The van der Waals surface area contributed by atoms with Crippen LogP contribution in [0.3, 0.4) is 0 Å². The molecule has 2 aliphatic rings. The van der Waals surface area contributed by atoms with Crippen molar-refractivity contribution >= 4 is 0 Å².